The number of aromatic nitrogens is 4. The fraction of sp³-hybridized carbons (Fsp3) is 0. The normalized spacial score (nSPS) is 12.7. The van der Waals surface area contributed by atoms with Crippen molar-refractivity contribution in [3.05, 3.63) is 182 Å². The van der Waals surface area contributed by atoms with E-state index >= 15 is 0 Å². The summed E-state index contributed by atoms with van der Waals surface area (Å²) in [6, 6.07) is 67.2. The van der Waals surface area contributed by atoms with Crippen molar-refractivity contribution < 1.29 is 0 Å². The largest absolute Gasteiger partial charge is 0.309 e. The molecule has 270 valence electrons. The number of pyridine rings is 1. The first-order chi connectivity index (χ1) is 29.3. The second kappa shape index (κ2) is 10.5. The van der Waals surface area contributed by atoms with Crippen LogP contribution in [-0.2, 0) is 0 Å². The molecule has 0 spiro atoms. The molecule has 0 unspecified atom stereocenters. The van der Waals surface area contributed by atoms with Crippen molar-refractivity contribution in [2.24, 2.45) is 0 Å². The molecule has 0 aliphatic rings. The molecule has 4 heteroatoms. The highest BCUT2D eigenvalue weighted by molar-refractivity contribution is 6.33. The topological polar surface area (TPSA) is 26.6 Å². The lowest BCUT2D eigenvalue weighted by Gasteiger charge is -2.11. The molecule has 0 aliphatic heterocycles. The predicted molar refractivity (Wildman–Crippen MR) is 248 cm³/mol. The number of fused-ring (bicyclic) bond motifs is 19. The van der Waals surface area contributed by atoms with Gasteiger partial charge in [-0.1, -0.05) is 133 Å². The zero-order chi connectivity index (χ0) is 38.1. The monoisotopic (exact) mass is 746 g/mol. The molecule has 0 N–H and O–H groups in total. The first-order valence-corrected chi connectivity index (χ1v) is 20.4. The van der Waals surface area contributed by atoms with Gasteiger partial charge in [0.25, 0.3) is 0 Å². The molecular formula is C55H30N4. The Morgan fingerprint density at radius 1 is 0.339 bits per heavy atom. The third kappa shape index (κ3) is 3.60. The van der Waals surface area contributed by atoms with E-state index in [9.17, 15) is 0 Å². The van der Waals surface area contributed by atoms with E-state index in [0.717, 1.165) is 16.7 Å². The van der Waals surface area contributed by atoms with Crippen LogP contribution in [0.3, 0.4) is 0 Å². The van der Waals surface area contributed by atoms with Crippen LogP contribution in [0.2, 0.25) is 0 Å². The van der Waals surface area contributed by atoms with Gasteiger partial charge in [0.05, 0.1) is 44.1 Å². The van der Waals surface area contributed by atoms with Gasteiger partial charge in [-0.05, 0) is 75.6 Å². The molecule has 4 nitrogen and oxygen atoms in total. The van der Waals surface area contributed by atoms with Crippen molar-refractivity contribution in [2.75, 3.05) is 0 Å². The van der Waals surface area contributed by atoms with Gasteiger partial charge in [0.2, 0.25) is 0 Å². The van der Waals surface area contributed by atoms with Crippen LogP contribution in [0.25, 0.3) is 137 Å². The summed E-state index contributed by atoms with van der Waals surface area (Å²) < 4.78 is 7.36. The van der Waals surface area contributed by atoms with E-state index in [4.69, 9.17) is 4.98 Å². The molecule has 15 aromatic rings. The van der Waals surface area contributed by atoms with Gasteiger partial charge in [0, 0.05) is 59.7 Å². The first-order valence-electron chi connectivity index (χ1n) is 20.4. The Labute approximate surface area is 335 Å². The molecule has 59 heavy (non-hydrogen) atoms. The maximum absolute atomic E-state index is 5.71. The van der Waals surface area contributed by atoms with E-state index in [1.807, 2.05) is 0 Å². The van der Waals surface area contributed by atoms with E-state index in [0.29, 0.717) is 0 Å². The van der Waals surface area contributed by atoms with Crippen LogP contribution in [0.1, 0.15) is 0 Å². The number of rotatable bonds is 2. The van der Waals surface area contributed by atoms with E-state index in [-0.39, 0.29) is 0 Å². The quantitative estimate of drug-likeness (QED) is 0.173. The zero-order valence-corrected chi connectivity index (χ0v) is 31.6. The zero-order valence-electron chi connectivity index (χ0n) is 31.6. The molecule has 6 aromatic heterocycles. The number of benzene rings is 9. The molecule has 0 atom stereocenters. The van der Waals surface area contributed by atoms with Crippen LogP contribution in [0.15, 0.2) is 182 Å². The predicted octanol–water partition coefficient (Wildman–Crippen LogP) is 14.5. The third-order valence-electron chi connectivity index (χ3n) is 13.4. The van der Waals surface area contributed by atoms with Crippen molar-refractivity contribution in [3.8, 4) is 16.8 Å². The number of hydrogen-bond donors (Lipinski definition) is 0. The average Bonchev–Trinajstić information content (AvgIpc) is 4.09. The molecule has 0 fully saturated rings. The lowest BCUT2D eigenvalue weighted by Crippen LogP contribution is -1.93. The van der Waals surface area contributed by atoms with Crippen molar-refractivity contribution in [1.82, 2.24) is 18.4 Å². The molecule has 0 amide bonds. The summed E-state index contributed by atoms with van der Waals surface area (Å²) in [5.74, 6) is 0. The third-order valence-corrected chi connectivity index (χ3v) is 13.4. The first kappa shape index (κ1) is 30.2. The number of para-hydroxylation sites is 4. The number of hydrogen-bond acceptors (Lipinski definition) is 1. The summed E-state index contributed by atoms with van der Waals surface area (Å²) in [6.07, 6.45) is 0. The van der Waals surface area contributed by atoms with Gasteiger partial charge in [0.15, 0.2) is 0 Å². The Kier molecular flexibility index (Phi) is 5.38. The maximum Gasteiger partial charge on any atom is 0.146 e. The number of nitrogens with zero attached hydrogens (tertiary/aromatic N) is 4. The fourth-order valence-electron chi connectivity index (χ4n) is 11.1. The Balaban J connectivity index is 1.10. The van der Waals surface area contributed by atoms with Gasteiger partial charge in [0.1, 0.15) is 5.65 Å². The van der Waals surface area contributed by atoms with Gasteiger partial charge >= 0.3 is 0 Å². The molecule has 15 rings (SSSR count). The van der Waals surface area contributed by atoms with Crippen molar-refractivity contribution >= 4 is 120 Å². The highest BCUT2D eigenvalue weighted by Crippen LogP contribution is 2.48. The van der Waals surface area contributed by atoms with Crippen LogP contribution in [0, 0.1) is 0 Å². The van der Waals surface area contributed by atoms with Gasteiger partial charge in [-0.25, -0.2) is 4.98 Å². The standard InChI is InChI=1S/C55H30N4/c1-2-14-34(15-3-1)57-45-23-9-8-18-37(45)43-29-33(25-26-46(43)57)42-28-32-13-5-7-17-36(32)50-40-21-11-22-41-51-48(58(53(40)41)54(42)50)30-44-38-19-10-20-39-49-35-16-6-4-12-31(35)24-27-47(49)59(52(38)39)55(44)56-51/h1-30H. The van der Waals surface area contributed by atoms with Crippen LogP contribution in [0.5, 0.6) is 0 Å². The Hall–Kier alpha value is -7.95. The lowest BCUT2D eigenvalue weighted by molar-refractivity contribution is 1.18. The molecular weight excluding hydrogens is 717 g/mol. The van der Waals surface area contributed by atoms with Gasteiger partial charge in [-0.15, -0.1) is 0 Å². The molecule has 0 aliphatic carbocycles. The fourth-order valence-corrected chi connectivity index (χ4v) is 11.1. The summed E-state index contributed by atoms with van der Waals surface area (Å²) in [4.78, 5) is 5.71. The molecule has 9 aromatic carbocycles. The van der Waals surface area contributed by atoms with Crippen molar-refractivity contribution in [1.29, 1.82) is 0 Å². The SMILES string of the molecule is c1ccc(-n2c3ccccc3c3cc(-c4cc5ccccc5c5c6cccc7c8nc9c(cc8n(c45)c76)c4cccc5c6c7ccccc7ccc6n9c45)ccc32)cc1. The van der Waals surface area contributed by atoms with E-state index < -0.39 is 0 Å². The summed E-state index contributed by atoms with van der Waals surface area (Å²) >= 11 is 0. The minimum atomic E-state index is 1.01. The molecule has 0 radical (unpaired) electrons. The maximum atomic E-state index is 5.71. The van der Waals surface area contributed by atoms with Crippen LogP contribution in [-0.4, -0.2) is 18.4 Å². The molecule has 0 bridgehead atoms. The molecule has 6 heterocycles. The summed E-state index contributed by atoms with van der Waals surface area (Å²) in [7, 11) is 0. The summed E-state index contributed by atoms with van der Waals surface area (Å²) in [6.45, 7) is 0. The Morgan fingerprint density at radius 2 is 0.983 bits per heavy atom. The summed E-state index contributed by atoms with van der Waals surface area (Å²) in [5, 5.41) is 16.3. The minimum Gasteiger partial charge on any atom is -0.309 e. The minimum absolute atomic E-state index is 1.01. The lowest BCUT2D eigenvalue weighted by atomic mass is 9.95. The van der Waals surface area contributed by atoms with Crippen LogP contribution >= 0.6 is 0 Å². The highest BCUT2D eigenvalue weighted by Gasteiger charge is 2.26. The van der Waals surface area contributed by atoms with E-state index in [1.165, 1.54) is 120 Å². The second-order valence-electron chi connectivity index (χ2n) is 16.3. The average molecular weight is 747 g/mol. The van der Waals surface area contributed by atoms with Gasteiger partial charge < -0.3 is 8.97 Å². The van der Waals surface area contributed by atoms with Gasteiger partial charge in [-0.2, -0.15) is 0 Å². The second-order valence-corrected chi connectivity index (χ2v) is 16.3. The van der Waals surface area contributed by atoms with Crippen LogP contribution in [0.4, 0.5) is 0 Å². The highest BCUT2D eigenvalue weighted by atomic mass is 15.0. The van der Waals surface area contributed by atoms with Crippen molar-refractivity contribution in [2.45, 2.75) is 0 Å². The van der Waals surface area contributed by atoms with Crippen molar-refractivity contribution in [3.63, 3.8) is 0 Å². The summed E-state index contributed by atoms with van der Waals surface area (Å²) in [5.41, 5.74) is 14.1. The van der Waals surface area contributed by atoms with Gasteiger partial charge in [-0.3, -0.25) is 4.40 Å². The molecule has 0 saturated carbocycles. The smallest absolute Gasteiger partial charge is 0.146 e. The molecule has 0 saturated heterocycles. The van der Waals surface area contributed by atoms with Crippen LogP contribution < -0.4 is 0 Å². The Bertz CT molecular complexity index is 4300. The van der Waals surface area contributed by atoms with E-state index in [1.54, 1.807) is 0 Å². The van der Waals surface area contributed by atoms with E-state index in [2.05, 4.69) is 195 Å². The Morgan fingerprint density at radius 3 is 1.85 bits per heavy atom.